The van der Waals surface area contributed by atoms with Gasteiger partial charge < -0.3 is 5.32 Å². The van der Waals surface area contributed by atoms with Gasteiger partial charge in [0.15, 0.2) is 0 Å². The maximum Gasteiger partial charge on any atom is 0.272 e. The zero-order valence-corrected chi connectivity index (χ0v) is 13.6. The maximum absolute atomic E-state index is 11.3. The molecule has 0 spiro atoms. The Balaban J connectivity index is 1.94. The smallest absolute Gasteiger partial charge is 0.272 e. The van der Waals surface area contributed by atoms with Crippen LogP contribution in [-0.2, 0) is 13.0 Å². The number of fused-ring (bicyclic) bond motifs is 1. The fraction of sp³-hybridized carbons (Fsp3) is 0.235. The molecule has 0 atom stereocenters. The molecule has 3 aromatic rings. The highest BCUT2D eigenvalue weighted by molar-refractivity contribution is 5.72. The second-order valence-electron chi connectivity index (χ2n) is 5.87. The van der Waals surface area contributed by atoms with Crippen LogP contribution in [0, 0.1) is 17.0 Å². The predicted octanol–water partition coefficient (Wildman–Crippen LogP) is 2.19. The summed E-state index contributed by atoms with van der Waals surface area (Å²) in [6, 6.07) is 6.84. The molecule has 25 heavy (non-hydrogen) atoms. The molecule has 0 fully saturated rings. The van der Waals surface area contributed by atoms with Gasteiger partial charge >= 0.3 is 0 Å². The number of nitrogens with one attached hydrogen (secondary N) is 1. The van der Waals surface area contributed by atoms with E-state index in [0.29, 0.717) is 18.1 Å². The van der Waals surface area contributed by atoms with Crippen molar-refractivity contribution in [2.75, 3.05) is 6.54 Å². The molecule has 0 radical (unpaired) electrons. The van der Waals surface area contributed by atoms with Crippen LogP contribution in [0.2, 0.25) is 0 Å². The van der Waals surface area contributed by atoms with Crippen molar-refractivity contribution in [2.24, 2.45) is 0 Å². The minimum absolute atomic E-state index is 0.0977. The lowest BCUT2D eigenvalue weighted by molar-refractivity contribution is -0.385. The number of nitro groups is 1. The van der Waals surface area contributed by atoms with E-state index in [1.807, 2.05) is 6.07 Å². The maximum atomic E-state index is 11.3. The molecule has 126 valence electrons. The van der Waals surface area contributed by atoms with Crippen molar-refractivity contribution in [3.8, 4) is 17.2 Å². The van der Waals surface area contributed by atoms with Gasteiger partial charge in [-0.3, -0.25) is 10.1 Å². The molecule has 1 aliphatic heterocycles. The lowest BCUT2D eigenvalue weighted by atomic mass is 9.98. The van der Waals surface area contributed by atoms with E-state index in [1.165, 1.54) is 6.07 Å². The Morgan fingerprint density at radius 1 is 1.24 bits per heavy atom. The first-order valence-corrected chi connectivity index (χ1v) is 8.00. The Bertz CT molecular complexity index is 951. The molecule has 0 amide bonds. The predicted molar refractivity (Wildman–Crippen MR) is 91.4 cm³/mol. The van der Waals surface area contributed by atoms with E-state index in [9.17, 15) is 10.1 Å². The molecule has 4 rings (SSSR count). The molecule has 1 N–H and O–H groups in total. The van der Waals surface area contributed by atoms with Crippen molar-refractivity contribution in [3.05, 3.63) is 63.6 Å². The van der Waals surface area contributed by atoms with Gasteiger partial charge in [0.25, 0.3) is 11.6 Å². The number of benzene rings is 1. The van der Waals surface area contributed by atoms with E-state index in [2.05, 4.69) is 15.3 Å². The van der Waals surface area contributed by atoms with Crippen LogP contribution in [0.5, 0.6) is 0 Å². The third kappa shape index (κ3) is 2.56. The molecule has 0 unspecified atom stereocenters. The van der Waals surface area contributed by atoms with Crippen molar-refractivity contribution in [2.45, 2.75) is 19.9 Å². The summed E-state index contributed by atoms with van der Waals surface area (Å²) in [7, 11) is 0. The highest BCUT2D eigenvalue weighted by atomic mass is 16.6. The van der Waals surface area contributed by atoms with Crippen LogP contribution in [0.3, 0.4) is 0 Å². The molecular weight excluding hydrogens is 320 g/mol. The number of hydrogen-bond acceptors (Lipinski definition) is 6. The summed E-state index contributed by atoms with van der Waals surface area (Å²) < 4.78 is 1.75. The highest BCUT2D eigenvalue weighted by Gasteiger charge is 2.25. The SMILES string of the molecule is Cc1c(-c2nn(-c3ncccn3)c3c2CNCC3)cccc1[N+](=O)[O-]. The van der Waals surface area contributed by atoms with Gasteiger partial charge in [0.2, 0.25) is 0 Å². The Labute approximate surface area is 143 Å². The van der Waals surface area contributed by atoms with Crippen LogP contribution < -0.4 is 5.32 Å². The topological polar surface area (TPSA) is 98.8 Å². The molecule has 2 aromatic heterocycles. The molecule has 0 saturated carbocycles. The molecule has 0 bridgehead atoms. The first-order chi connectivity index (χ1) is 12.2. The third-order valence-electron chi connectivity index (χ3n) is 4.43. The van der Waals surface area contributed by atoms with Gasteiger partial charge in [0.05, 0.1) is 16.3 Å². The Morgan fingerprint density at radius 3 is 2.80 bits per heavy atom. The monoisotopic (exact) mass is 336 g/mol. The number of rotatable bonds is 3. The second kappa shape index (κ2) is 6.06. The lowest BCUT2D eigenvalue weighted by Gasteiger charge is -2.15. The van der Waals surface area contributed by atoms with Gasteiger partial charge in [-0.15, -0.1) is 0 Å². The number of aromatic nitrogens is 4. The Morgan fingerprint density at radius 2 is 2.04 bits per heavy atom. The number of hydrogen-bond donors (Lipinski definition) is 1. The summed E-state index contributed by atoms with van der Waals surface area (Å²) in [4.78, 5) is 19.5. The molecule has 0 aliphatic carbocycles. The molecule has 8 heteroatoms. The minimum atomic E-state index is -0.360. The summed E-state index contributed by atoms with van der Waals surface area (Å²) >= 11 is 0. The minimum Gasteiger partial charge on any atom is -0.312 e. The van der Waals surface area contributed by atoms with Gasteiger partial charge in [-0.25, -0.2) is 14.6 Å². The fourth-order valence-electron chi connectivity index (χ4n) is 3.21. The average Bonchev–Trinajstić information content (AvgIpc) is 3.02. The Hall–Kier alpha value is -3.13. The molecule has 1 aromatic carbocycles. The van der Waals surface area contributed by atoms with E-state index in [0.717, 1.165) is 35.5 Å². The fourth-order valence-corrected chi connectivity index (χ4v) is 3.21. The quantitative estimate of drug-likeness (QED) is 0.581. The van der Waals surface area contributed by atoms with Crippen molar-refractivity contribution in [1.29, 1.82) is 0 Å². The van der Waals surface area contributed by atoms with Crippen molar-refractivity contribution >= 4 is 5.69 Å². The second-order valence-corrected chi connectivity index (χ2v) is 5.87. The van der Waals surface area contributed by atoms with Crippen molar-refractivity contribution in [1.82, 2.24) is 25.1 Å². The molecule has 1 aliphatic rings. The lowest BCUT2D eigenvalue weighted by Crippen LogP contribution is -2.25. The van der Waals surface area contributed by atoms with Crippen molar-refractivity contribution < 1.29 is 4.92 Å². The first kappa shape index (κ1) is 15.4. The van der Waals surface area contributed by atoms with Crippen LogP contribution in [-0.4, -0.2) is 31.2 Å². The highest BCUT2D eigenvalue weighted by Crippen LogP contribution is 2.34. The van der Waals surface area contributed by atoms with Gasteiger partial charge in [-0.1, -0.05) is 12.1 Å². The van der Waals surface area contributed by atoms with E-state index in [-0.39, 0.29) is 10.6 Å². The third-order valence-corrected chi connectivity index (χ3v) is 4.43. The number of nitrogens with zero attached hydrogens (tertiary/aromatic N) is 5. The summed E-state index contributed by atoms with van der Waals surface area (Å²) in [5.41, 5.74) is 4.31. The standard InChI is InChI=1S/C17H16N6O2/c1-11-12(4-2-5-14(11)23(24)25)16-13-10-18-9-6-15(13)22(21-16)17-19-7-3-8-20-17/h2-5,7-8,18H,6,9-10H2,1H3. The van der Waals surface area contributed by atoms with E-state index >= 15 is 0 Å². The zero-order chi connectivity index (χ0) is 17.4. The summed E-state index contributed by atoms with van der Waals surface area (Å²) in [6.07, 6.45) is 4.15. The molecule has 3 heterocycles. The van der Waals surface area contributed by atoms with Crippen LogP contribution in [0.4, 0.5) is 5.69 Å². The van der Waals surface area contributed by atoms with Gasteiger partial charge in [0.1, 0.15) is 0 Å². The molecular formula is C17H16N6O2. The van der Waals surface area contributed by atoms with Gasteiger partial charge in [-0.2, -0.15) is 5.10 Å². The Kier molecular flexibility index (Phi) is 3.73. The summed E-state index contributed by atoms with van der Waals surface area (Å²) in [5, 5.41) is 19.3. The van der Waals surface area contributed by atoms with E-state index in [4.69, 9.17) is 5.10 Å². The largest absolute Gasteiger partial charge is 0.312 e. The first-order valence-electron chi connectivity index (χ1n) is 8.00. The van der Waals surface area contributed by atoms with E-state index < -0.39 is 0 Å². The average molecular weight is 336 g/mol. The van der Waals surface area contributed by atoms with Crippen LogP contribution >= 0.6 is 0 Å². The van der Waals surface area contributed by atoms with E-state index in [1.54, 1.807) is 36.1 Å². The molecule has 8 nitrogen and oxygen atoms in total. The van der Waals surface area contributed by atoms with Gasteiger partial charge in [-0.05, 0) is 13.0 Å². The van der Waals surface area contributed by atoms with Crippen molar-refractivity contribution in [3.63, 3.8) is 0 Å². The van der Waals surface area contributed by atoms with Gasteiger partial charge in [0, 0.05) is 54.7 Å². The van der Waals surface area contributed by atoms with Crippen LogP contribution in [0.15, 0.2) is 36.7 Å². The van der Waals surface area contributed by atoms with Crippen LogP contribution in [0.1, 0.15) is 16.8 Å². The summed E-state index contributed by atoms with van der Waals surface area (Å²) in [5.74, 6) is 0.509. The normalized spacial score (nSPS) is 13.5. The van der Waals surface area contributed by atoms with Crippen LogP contribution in [0.25, 0.3) is 17.2 Å². The molecule has 0 saturated heterocycles. The number of nitro benzene ring substituents is 1. The zero-order valence-electron chi connectivity index (χ0n) is 13.6. The summed E-state index contributed by atoms with van der Waals surface area (Å²) in [6.45, 7) is 3.27.